The molecule has 0 saturated carbocycles. The van der Waals surface area contributed by atoms with Gasteiger partial charge in [-0.3, -0.25) is 28.1 Å². The van der Waals surface area contributed by atoms with Gasteiger partial charge >= 0.3 is 5.69 Å². The summed E-state index contributed by atoms with van der Waals surface area (Å²) in [5.41, 5.74) is 4.57. The molecule has 3 heterocycles. The van der Waals surface area contributed by atoms with Crippen LogP contribution in [-0.4, -0.2) is 34.2 Å². The molecule has 11 nitrogen and oxygen atoms in total. The molecule has 0 bridgehead atoms. The maximum atomic E-state index is 12.8. The Kier molecular flexibility index (Phi) is 4.42. The predicted molar refractivity (Wildman–Crippen MR) is 109 cm³/mol. The van der Waals surface area contributed by atoms with Gasteiger partial charge in [0.05, 0.1) is 18.4 Å². The van der Waals surface area contributed by atoms with Crippen molar-refractivity contribution >= 4 is 22.6 Å². The Labute approximate surface area is 168 Å². The summed E-state index contributed by atoms with van der Waals surface area (Å²) in [4.78, 5) is 54.2. The number of anilines is 1. The van der Waals surface area contributed by atoms with E-state index in [4.69, 9.17) is 5.73 Å². The average Bonchev–Trinajstić information content (AvgIpc) is 3.18. The number of nitrogens with two attached hydrogens (primary N) is 1. The first-order valence-electron chi connectivity index (χ1n) is 8.88. The zero-order valence-electron chi connectivity index (χ0n) is 16.1. The summed E-state index contributed by atoms with van der Waals surface area (Å²) in [6.45, 7) is -0.462. The van der Waals surface area contributed by atoms with Gasteiger partial charge in [-0.1, -0.05) is 18.2 Å². The van der Waals surface area contributed by atoms with E-state index < -0.39 is 29.1 Å². The van der Waals surface area contributed by atoms with E-state index in [9.17, 15) is 19.2 Å². The summed E-state index contributed by atoms with van der Waals surface area (Å²) in [5, 5.41) is 4.43. The molecule has 11 heteroatoms. The van der Waals surface area contributed by atoms with Crippen molar-refractivity contribution in [2.24, 2.45) is 14.1 Å². The molecule has 1 aromatic carbocycles. The summed E-state index contributed by atoms with van der Waals surface area (Å²) in [6.07, 6.45) is 2.59. The highest BCUT2D eigenvalue weighted by Crippen LogP contribution is 2.13. The first kappa shape index (κ1) is 19.1. The molecule has 152 valence electrons. The van der Waals surface area contributed by atoms with Crippen LogP contribution in [-0.2, 0) is 20.6 Å². The Bertz CT molecular complexity index is 1480. The molecular formula is C19H17N7O4. The van der Waals surface area contributed by atoms with Gasteiger partial charge in [0.1, 0.15) is 23.1 Å². The molecule has 0 aliphatic heterocycles. The number of aromatic nitrogens is 6. The van der Waals surface area contributed by atoms with Crippen molar-refractivity contribution in [2.45, 2.75) is 6.54 Å². The zero-order valence-corrected chi connectivity index (χ0v) is 16.1. The fourth-order valence-corrected chi connectivity index (χ4v) is 3.18. The number of fused-ring (bicyclic) bond motifs is 1. The lowest BCUT2D eigenvalue weighted by Crippen LogP contribution is -2.42. The third-order valence-electron chi connectivity index (χ3n) is 4.86. The monoisotopic (exact) mass is 407 g/mol. The number of Topliss-reactive ketones (excluding diaryl/α,β-unsaturated/α-hetero) is 1. The molecule has 0 fully saturated rings. The Morgan fingerprint density at radius 2 is 1.73 bits per heavy atom. The van der Waals surface area contributed by atoms with Gasteiger partial charge in [0.2, 0.25) is 0 Å². The minimum absolute atomic E-state index is 0.218. The number of nitrogen functional groups attached to an aromatic ring is 1. The average molecular weight is 407 g/mol. The number of hydrogen-bond acceptors (Lipinski definition) is 7. The Balaban J connectivity index is 1.77. The lowest BCUT2D eigenvalue weighted by Gasteiger charge is -2.11. The molecule has 3 aromatic heterocycles. The number of ketones is 1. The zero-order chi connectivity index (χ0) is 21.6. The highest BCUT2D eigenvalue weighted by atomic mass is 16.2. The summed E-state index contributed by atoms with van der Waals surface area (Å²) < 4.78 is 4.38. The van der Waals surface area contributed by atoms with E-state index in [0.717, 1.165) is 19.4 Å². The molecule has 0 saturated heterocycles. The molecule has 4 aromatic rings. The summed E-state index contributed by atoms with van der Waals surface area (Å²) in [5.74, 6) is -0.963. The van der Waals surface area contributed by atoms with Crippen LogP contribution in [0.15, 0.2) is 57.2 Å². The van der Waals surface area contributed by atoms with E-state index in [1.807, 2.05) is 30.3 Å². The lowest BCUT2D eigenvalue weighted by atomic mass is 10.2. The van der Waals surface area contributed by atoms with Crippen molar-refractivity contribution in [1.82, 2.24) is 28.5 Å². The second-order valence-electron chi connectivity index (χ2n) is 6.70. The molecule has 0 amide bonds. The van der Waals surface area contributed by atoms with Gasteiger partial charge in [-0.25, -0.2) is 14.5 Å². The van der Waals surface area contributed by atoms with E-state index in [1.165, 1.54) is 31.3 Å². The maximum absolute atomic E-state index is 12.8. The second kappa shape index (κ2) is 6.95. The quantitative estimate of drug-likeness (QED) is 0.447. The number of para-hydroxylation sites is 1. The molecule has 30 heavy (non-hydrogen) atoms. The van der Waals surface area contributed by atoms with E-state index in [-0.39, 0.29) is 16.8 Å². The van der Waals surface area contributed by atoms with Crippen LogP contribution in [0.1, 0.15) is 10.4 Å². The van der Waals surface area contributed by atoms with E-state index in [1.54, 1.807) is 0 Å². The van der Waals surface area contributed by atoms with Gasteiger partial charge in [-0.2, -0.15) is 5.10 Å². The second-order valence-corrected chi connectivity index (χ2v) is 6.70. The van der Waals surface area contributed by atoms with Gasteiger partial charge in [-0.05, 0) is 12.1 Å². The topological polar surface area (TPSA) is 140 Å². The fraction of sp³-hybridized carbons (Fsp3) is 0.158. The van der Waals surface area contributed by atoms with Gasteiger partial charge in [-0.15, -0.1) is 0 Å². The van der Waals surface area contributed by atoms with E-state index >= 15 is 0 Å². The van der Waals surface area contributed by atoms with Gasteiger partial charge in [0.15, 0.2) is 11.4 Å². The van der Waals surface area contributed by atoms with Crippen molar-refractivity contribution < 1.29 is 4.79 Å². The molecule has 0 spiro atoms. The molecular weight excluding hydrogens is 390 g/mol. The first-order valence-corrected chi connectivity index (χ1v) is 8.88. The smallest absolute Gasteiger partial charge is 0.332 e. The number of carbonyl (C=O) groups excluding carboxylic acids is 1. The van der Waals surface area contributed by atoms with Gasteiger partial charge in [0.25, 0.3) is 11.1 Å². The minimum Gasteiger partial charge on any atom is -0.384 e. The van der Waals surface area contributed by atoms with Crippen LogP contribution in [0.4, 0.5) is 5.82 Å². The van der Waals surface area contributed by atoms with Gasteiger partial charge in [0, 0.05) is 14.1 Å². The SMILES string of the molecule is Cn1c(N)c(C(=O)Cn2cnc3c(cnn3-c3ccccc3)c2=O)c(=O)n(C)c1=O. The number of nitrogens with zero attached hydrogens (tertiary/aromatic N) is 6. The third kappa shape index (κ3) is 2.83. The van der Waals surface area contributed by atoms with Crippen molar-refractivity contribution in [3.63, 3.8) is 0 Å². The summed E-state index contributed by atoms with van der Waals surface area (Å²) in [7, 11) is 2.60. The fourth-order valence-electron chi connectivity index (χ4n) is 3.18. The van der Waals surface area contributed by atoms with Crippen LogP contribution in [0.2, 0.25) is 0 Å². The standard InChI is InChI=1S/C19H17N7O4/c1-23-15(20)14(18(29)24(2)19(23)30)13(27)9-25-10-21-16-12(17(25)28)8-22-26(16)11-6-4-3-5-7-11/h3-8,10H,9,20H2,1-2H3. The Morgan fingerprint density at radius 1 is 1.03 bits per heavy atom. The molecule has 0 atom stereocenters. The molecule has 4 rings (SSSR count). The van der Waals surface area contributed by atoms with Crippen LogP contribution in [0.3, 0.4) is 0 Å². The van der Waals surface area contributed by atoms with Crippen molar-refractivity contribution in [2.75, 3.05) is 5.73 Å². The molecule has 0 aliphatic rings. The van der Waals surface area contributed by atoms with Crippen LogP contribution in [0.25, 0.3) is 16.7 Å². The maximum Gasteiger partial charge on any atom is 0.332 e. The molecule has 2 N–H and O–H groups in total. The number of carbonyl (C=O) groups is 1. The van der Waals surface area contributed by atoms with Crippen LogP contribution < -0.4 is 22.5 Å². The molecule has 0 aliphatic carbocycles. The number of benzene rings is 1. The van der Waals surface area contributed by atoms with Crippen LogP contribution in [0.5, 0.6) is 0 Å². The summed E-state index contributed by atoms with van der Waals surface area (Å²) >= 11 is 0. The predicted octanol–water partition coefficient (Wildman–Crippen LogP) is -0.555. The largest absolute Gasteiger partial charge is 0.384 e. The Hall–Kier alpha value is -4.28. The normalized spacial score (nSPS) is 11.1. The van der Waals surface area contributed by atoms with E-state index in [2.05, 4.69) is 10.1 Å². The molecule has 0 radical (unpaired) electrons. The summed E-state index contributed by atoms with van der Waals surface area (Å²) in [6, 6.07) is 9.17. The van der Waals surface area contributed by atoms with E-state index in [0.29, 0.717) is 5.65 Å². The Morgan fingerprint density at radius 3 is 2.43 bits per heavy atom. The first-order chi connectivity index (χ1) is 14.3. The highest BCUT2D eigenvalue weighted by Gasteiger charge is 2.21. The number of rotatable bonds is 4. The third-order valence-corrected chi connectivity index (χ3v) is 4.86. The van der Waals surface area contributed by atoms with Crippen molar-refractivity contribution in [1.29, 1.82) is 0 Å². The van der Waals surface area contributed by atoms with Crippen molar-refractivity contribution in [3.8, 4) is 5.69 Å². The highest BCUT2D eigenvalue weighted by molar-refractivity contribution is 5.99. The van der Waals surface area contributed by atoms with Crippen molar-refractivity contribution in [3.05, 3.63) is 79.6 Å². The molecule has 0 unspecified atom stereocenters. The van der Waals surface area contributed by atoms with Crippen LogP contribution in [0, 0.1) is 0 Å². The minimum atomic E-state index is -0.820. The lowest BCUT2D eigenvalue weighted by molar-refractivity contribution is 0.0968. The van der Waals surface area contributed by atoms with Gasteiger partial charge < -0.3 is 5.73 Å². The van der Waals surface area contributed by atoms with Crippen LogP contribution >= 0.6 is 0 Å². The number of hydrogen-bond donors (Lipinski definition) is 1.